The van der Waals surface area contributed by atoms with Crippen LogP contribution < -0.4 is 4.90 Å². The normalized spacial score (nSPS) is 22.8. The molecule has 2 atom stereocenters. The van der Waals surface area contributed by atoms with Gasteiger partial charge in [0.2, 0.25) is 0 Å². The highest BCUT2D eigenvalue weighted by molar-refractivity contribution is 7.13. The van der Waals surface area contributed by atoms with E-state index in [1.807, 2.05) is 6.92 Å². The van der Waals surface area contributed by atoms with Gasteiger partial charge in [-0.2, -0.15) is 0 Å². The largest absolute Gasteiger partial charge is 0.466 e. The minimum atomic E-state index is -0.139. The average Bonchev–Trinajstić information content (AvgIpc) is 2.93. The molecule has 0 amide bonds. The molecule has 1 saturated heterocycles. The van der Waals surface area contributed by atoms with Crippen molar-refractivity contribution in [2.24, 2.45) is 5.92 Å². The van der Waals surface area contributed by atoms with Gasteiger partial charge in [-0.15, -0.1) is 11.3 Å². The Labute approximate surface area is 118 Å². The highest BCUT2D eigenvalue weighted by atomic mass is 32.1. The molecular weight excluding hydrogens is 260 g/mol. The Balaban J connectivity index is 1.90. The zero-order valence-electron chi connectivity index (χ0n) is 11.9. The molecule has 0 aliphatic carbocycles. The number of hydrogen-bond acceptors (Lipinski definition) is 5. The topological polar surface area (TPSA) is 42.4 Å². The zero-order chi connectivity index (χ0) is 13.8. The Morgan fingerprint density at radius 1 is 1.58 bits per heavy atom. The number of anilines is 1. The summed E-state index contributed by atoms with van der Waals surface area (Å²) in [6.45, 7) is 7.90. The minimum Gasteiger partial charge on any atom is -0.466 e. The Morgan fingerprint density at radius 2 is 2.37 bits per heavy atom. The molecule has 0 N–H and O–H groups in total. The lowest BCUT2D eigenvalue weighted by molar-refractivity contribution is -0.143. The molecule has 2 unspecified atom stereocenters. The SMILES string of the molecule is CCOC(=O)CCc1csc(N2CC(C)CC2C)n1. The first-order chi connectivity index (χ1) is 9.10. The second-order valence-electron chi connectivity index (χ2n) is 5.27. The van der Waals surface area contributed by atoms with E-state index in [1.54, 1.807) is 11.3 Å². The lowest BCUT2D eigenvalue weighted by Crippen LogP contribution is -2.26. The van der Waals surface area contributed by atoms with Crippen LogP contribution >= 0.6 is 11.3 Å². The van der Waals surface area contributed by atoms with Crippen molar-refractivity contribution in [3.05, 3.63) is 11.1 Å². The molecule has 0 spiro atoms. The van der Waals surface area contributed by atoms with Gasteiger partial charge in [0.15, 0.2) is 5.13 Å². The molecule has 2 heterocycles. The average molecular weight is 282 g/mol. The van der Waals surface area contributed by atoms with Gasteiger partial charge < -0.3 is 9.64 Å². The fourth-order valence-electron chi connectivity index (χ4n) is 2.57. The summed E-state index contributed by atoms with van der Waals surface area (Å²) < 4.78 is 4.93. The van der Waals surface area contributed by atoms with Crippen LogP contribution in [-0.2, 0) is 16.0 Å². The number of aromatic nitrogens is 1. The molecule has 0 aromatic carbocycles. The van der Waals surface area contributed by atoms with Crippen molar-refractivity contribution in [1.82, 2.24) is 4.98 Å². The van der Waals surface area contributed by atoms with Crippen LogP contribution in [0.2, 0.25) is 0 Å². The maximum atomic E-state index is 11.3. The van der Waals surface area contributed by atoms with E-state index in [2.05, 4.69) is 29.1 Å². The number of thiazole rings is 1. The summed E-state index contributed by atoms with van der Waals surface area (Å²) in [5.41, 5.74) is 1.000. The standard InChI is InChI=1S/C14H22N2O2S/c1-4-18-13(17)6-5-12-9-19-14(15-12)16-8-10(2)7-11(16)3/h9-11H,4-8H2,1-3H3. The van der Waals surface area contributed by atoms with Crippen molar-refractivity contribution in [1.29, 1.82) is 0 Å². The van der Waals surface area contributed by atoms with Gasteiger partial charge in [-0.25, -0.2) is 4.98 Å². The van der Waals surface area contributed by atoms with E-state index in [-0.39, 0.29) is 5.97 Å². The molecule has 1 fully saturated rings. The predicted molar refractivity (Wildman–Crippen MR) is 77.7 cm³/mol. The second-order valence-corrected chi connectivity index (χ2v) is 6.11. The van der Waals surface area contributed by atoms with Gasteiger partial charge in [0.25, 0.3) is 0 Å². The van der Waals surface area contributed by atoms with Crippen molar-refractivity contribution in [3.8, 4) is 0 Å². The molecule has 1 aromatic rings. The van der Waals surface area contributed by atoms with Crippen LogP contribution in [0.3, 0.4) is 0 Å². The summed E-state index contributed by atoms with van der Waals surface area (Å²) in [6, 6.07) is 0.569. The van der Waals surface area contributed by atoms with E-state index in [0.717, 1.165) is 23.3 Å². The van der Waals surface area contributed by atoms with Crippen LogP contribution in [0.5, 0.6) is 0 Å². The van der Waals surface area contributed by atoms with Gasteiger partial charge in [0.05, 0.1) is 18.7 Å². The first-order valence-electron chi connectivity index (χ1n) is 6.96. The summed E-state index contributed by atoms with van der Waals surface area (Å²) in [6.07, 6.45) is 2.33. The number of nitrogens with zero attached hydrogens (tertiary/aromatic N) is 2. The van der Waals surface area contributed by atoms with E-state index in [9.17, 15) is 4.79 Å². The second kappa shape index (κ2) is 6.37. The third-order valence-corrected chi connectivity index (χ3v) is 4.39. The van der Waals surface area contributed by atoms with Crippen molar-refractivity contribution in [2.75, 3.05) is 18.1 Å². The summed E-state index contributed by atoms with van der Waals surface area (Å²) in [4.78, 5) is 18.3. The van der Waals surface area contributed by atoms with Crippen LogP contribution in [-0.4, -0.2) is 30.1 Å². The van der Waals surface area contributed by atoms with Gasteiger partial charge in [0.1, 0.15) is 0 Å². The quantitative estimate of drug-likeness (QED) is 0.779. The molecule has 1 aromatic heterocycles. The molecule has 4 nitrogen and oxygen atoms in total. The molecule has 106 valence electrons. The highest BCUT2D eigenvalue weighted by Crippen LogP contribution is 2.31. The summed E-state index contributed by atoms with van der Waals surface area (Å²) in [7, 11) is 0. The van der Waals surface area contributed by atoms with Crippen molar-refractivity contribution in [2.45, 2.75) is 46.1 Å². The van der Waals surface area contributed by atoms with Gasteiger partial charge in [-0.3, -0.25) is 4.79 Å². The maximum absolute atomic E-state index is 11.3. The molecule has 0 saturated carbocycles. The number of aryl methyl sites for hydroxylation is 1. The van der Waals surface area contributed by atoms with Crippen LogP contribution in [0.4, 0.5) is 5.13 Å². The predicted octanol–water partition coefficient (Wildman–Crippen LogP) is 2.87. The van der Waals surface area contributed by atoms with Gasteiger partial charge >= 0.3 is 5.97 Å². The van der Waals surface area contributed by atoms with Crippen molar-refractivity contribution < 1.29 is 9.53 Å². The fourth-order valence-corrected chi connectivity index (χ4v) is 3.54. The number of carbonyl (C=O) groups excluding carboxylic acids is 1. The Kier molecular flexibility index (Phi) is 4.80. The highest BCUT2D eigenvalue weighted by Gasteiger charge is 2.28. The van der Waals surface area contributed by atoms with E-state index >= 15 is 0 Å². The van der Waals surface area contributed by atoms with Crippen LogP contribution in [0.25, 0.3) is 0 Å². The fraction of sp³-hybridized carbons (Fsp3) is 0.714. The Bertz CT molecular complexity index is 433. The van der Waals surface area contributed by atoms with E-state index in [1.165, 1.54) is 6.42 Å². The summed E-state index contributed by atoms with van der Waals surface area (Å²) >= 11 is 1.68. The molecule has 5 heteroatoms. The zero-order valence-corrected chi connectivity index (χ0v) is 12.7. The van der Waals surface area contributed by atoms with Crippen LogP contribution in [0.15, 0.2) is 5.38 Å². The lowest BCUT2D eigenvalue weighted by atomic mass is 10.1. The first kappa shape index (κ1) is 14.3. The molecule has 2 rings (SSSR count). The van der Waals surface area contributed by atoms with Gasteiger partial charge in [-0.1, -0.05) is 6.92 Å². The van der Waals surface area contributed by atoms with Crippen molar-refractivity contribution >= 4 is 22.4 Å². The molecular formula is C14H22N2O2S. The van der Waals surface area contributed by atoms with E-state index < -0.39 is 0 Å². The van der Waals surface area contributed by atoms with Gasteiger partial charge in [0, 0.05) is 24.4 Å². The summed E-state index contributed by atoms with van der Waals surface area (Å²) in [5.74, 6) is 0.599. The Hall–Kier alpha value is -1.10. The van der Waals surface area contributed by atoms with E-state index in [4.69, 9.17) is 4.74 Å². The molecule has 19 heavy (non-hydrogen) atoms. The summed E-state index contributed by atoms with van der Waals surface area (Å²) in [5, 5.41) is 3.15. The molecule has 0 radical (unpaired) electrons. The smallest absolute Gasteiger partial charge is 0.306 e. The van der Waals surface area contributed by atoms with Crippen LogP contribution in [0.1, 0.15) is 39.3 Å². The van der Waals surface area contributed by atoms with E-state index in [0.29, 0.717) is 25.5 Å². The van der Waals surface area contributed by atoms with Gasteiger partial charge in [-0.05, 0) is 26.2 Å². The monoisotopic (exact) mass is 282 g/mol. The molecule has 1 aliphatic heterocycles. The number of ether oxygens (including phenoxy) is 1. The third-order valence-electron chi connectivity index (χ3n) is 3.46. The first-order valence-corrected chi connectivity index (χ1v) is 7.84. The maximum Gasteiger partial charge on any atom is 0.306 e. The number of hydrogen-bond donors (Lipinski definition) is 0. The number of carbonyl (C=O) groups is 1. The minimum absolute atomic E-state index is 0.139. The Morgan fingerprint density at radius 3 is 3.00 bits per heavy atom. The number of esters is 1. The number of rotatable bonds is 5. The van der Waals surface area contributed by atoms with Crippen molar-refractivity contribution in [3.63, 3.8) is 0 Å². The third kappa shape index (κ3) is 3.69. The molecule has 1 aliphatic rings. The molecule has 0 bridgehead atoms. The van der Waals surface area contributed by atoms with Crippen LogP contribution in [0, 0.1) is 5.92 Å². The lowest BCUT2D eigenvalue weighted by Gasteiger charge is -2.19.